The van der Waals surface area contributed by atoms with Crippen LogP contribution < -0.4 is 5.56 Å². The van der Waals surface area contributed by atoms with E-state index >= 15 is 0 Å². The molecule has 0 radical (unpaired) electrons. The maximum Gasteiger partial charge on any atom is 0.269 e. The molecule has 0 atom stereocenters. The summed E-state index contributed by atoms with van der Waals surface area (Å²) in [6, 6.07) is 14.5. The van der Waals surface area contributed by atoms with Crippen LogP contribution >= 0.6 is 23.1 Å². The van der Waals surface area contributed by atoms with E-state index < -0.39 is 0 Å². The minimum Gasteiger partial charge on any atom is -0.268 e. The molecule has 0 N–H and O–H groups in total. The molecular weight excluding hydrogens is 454 g/mol. The highest BCUT2D eigenvalue weighted by molar-refractivity contribution is 7.98. The quantitative estimate of drug-likeness (QED) is 0.112. The summed E-state index contributed by atoms with van der Waals surface area (Å²) in [5, 5.41) is 12.5. The van der Waals surface area contributed by atoms with Crippen molar-refractivity contribution in [1.82, 2.24) is 9.55 Å². The molecule has 2 aromatic heterocycles. The summed E-state index contributed by atoms with van der Waals surface area (Å²) in [6.45, 7) is 2.00. The number of nitro benzene ring substituents is 1. The Morgan fingerprint density at radius 2 is 1.94 bits per heavy atom. The molecule has 33 heavy (non-hydrogen) atoms. The third kappa shape index (κ3) is 4.20. The van der Waals surface area contributed by atoms with E-state index in [1.54, 1.807) is 28.0 Å². The van der Waals surface area contributed by atoms with E-state index in [0.717, 1.165) is 52.7 Å². The van der Waals surface area contributed by atoms with Crippen LogP contribution in [0.3, 0.4) is 0 Å². The average molecular weight is 478 g/mol. The Morgan fingerprint density at radius 3 is 2.76 bits per heavy atom. The molecule has 6 nitrogen and oxygen atoms in total. The fourth-order valence-corrected chi connectivity index (χ4v) is 6.65. The van der Waals surface area contributed by atoms with E-state index in [9.17, 15) is 14.9 Å². The van der Waals surface area contributed by atoms with Crippen molar-refractivity contribution in [1.29, 1.82) is 0 Å². The summed E-state index contributed by atoms with van der Waals surface area (Å²) in [4.78, 5) is 31.8. The molecule has 0 spiro atoms. The fourth-order valence-electron chi connectivity index (χ4n) is 4.39. The number of non-ortho nitro benzene ring substituents is 1. The molecule has 1 aliphatic carbocycles. The number of hydrogen-bond acceptors (Lipinski definition) is 6. The van der Waals surface area contributed by atoms with Crippen LogP contribution in [-0.4, -0.2) is 14.5 Å². The van der Waals surface area contributed by atoms with Gasteiger partial charge in [0, 0.05) is 22.8 Å². The third-order valence-corrected chi connectivity index (χ3v) is 8.25. The number of para-hydroxylation sites is 1. The van der Waals surface area contributed by atoms with Crippen LogP contribution in [0.2, 0.25) is 0 Å². The minimum atomic E-state index is -0.388. The first kappa shape index (κ1) is 21.9. The van der Waals surface area contributed by atoms with Crippen molar-refractivity contribution in [3.63, 3.8) is 0 Å². The molecule has 0 fully saturated rings. The molecule has 0 saturated carbocycles. The molecule has 4 aromatic rings. The maximum absolute atomic E-state index is 13.9. The Bertz CT molecular complexity index is 1420. The number of thioether (sulfide) groups is 1. The van der Waals surface area contributed by atoms with Gasteiger partial charge < -0.3 is 0 Å². The third-order valence-electron chi connectivity index (χ3n) is 6.05. The number of nitrogens with zero attached hydrogens (tertiary/aromatic N) is 3. The summed E-state index contributed by atoms with van der Waals surface area (Å²) in [7, 11) is 0. The molecule has 0 amide bonds. The molecule has 0 unspecified atom stereocenters. The number of hydrogen-bond donors (Lipinski definition) is 0. The SMILES string of the molecule is Cc1ccccc1-n1c(SCc2cccc([N+](=O)[O-])c2)nc2sc3c(c2c1=O)CCCCC3. The Kier molecular flexibility index (Phi) is 6.03. The van der Waals surface area contributed by atoms with Gasteiger partial charge in [-0.1, -0.05) is 48.5 Å². The maximum atomic E-state index is 13.9. The molecule has 2 aromatic carbocycles. The summed E-state index contributed by atoms with van der Waals surface area (Å²) in [5.74, 6) is 0.483. The number of aromatic nitrogens is 2. The lowest BCUT2D eigenvalue weighted by Gasteiger charge is -2.14. The highest BCUT2D eigenvalue weighted by atomic mass is 32.2. The smallest absolute Gasteiger partial charge is 0.268 e. The summed E-state index contributed by atoms with van der Waals surface area (Å²) < 4.78 is 1.73. The topological polar surface area (TPSA) is 78.0 Å². The first-order valence-electron chi connectivity index (χ1n) is 11.0. The van der Waals surface area contributed by atoms with E-state index in [2.05, 4.69) is 0 Å². The summed E-state index contributed by atoms with van der Waals surface area (Å²) >= 11 is 3.09. The van der Waals surface area contributed by atoms with Gasteiger partial charge in [0.25, 0.3) is 11.2 Å². The number of thiophene rings is 1. The van der Waals surface area contributed by atoms with Gasteiger partial charge in [0.15, 0.2) is 5.16 Å². The zero-order valence-electron chi connectivity index (χ0n) is 18.2. The number of rotatable bonds is 5. The van der Waals surface area contributed by atoms with Crippen LogP contribution in [0.4, 0.5) is 5.69 Å². The predicted molar refractivity (Wildman–Crippen MR) is 134 cm³/mol. The van der Waals surface area contributed by atoms with Crippen LogP contribution in [0.5, 0.6) is 0 Å². The first-order valence-corrected chi connectivity index (χ1v) is 12.8. The van der Waals surface area contributed by atoms with Crippen LogP contribution in [0.15, 0.2) is 58.5 Å². The Labute approximate surface area is 199 Å². The molecule has 0 aliphatic heterocycles. The number of fused-ring (bicyclic) bond motifs is 3. The molecule has 168 valence electrons. The Hall–Kier alpha value is -2.97. The molecule has 2 heterocycles. The van der Waals surface area contributed by atoms with Gasteiger partial charge in [-0.3, -0.25) is 19.5 Å². The van der Waals surface area contributed by atoms with Crippen molar-refractivity contribution in [2.75, 3.05) is 0 Å². The van der Waals surface area contributed by atoms with Crippen LogP contribution in [-0.2, 0) is 18.6 Å². The highest BCUT2D eigenvalue weighted by Crippen LogP contribution is 2.35. The van der Waals surface area contributed by atoms with Gasteiger partial charge in [0.2, 0.25) is 0 Å². The largest absolute Gasteiger partial charge is 0.269 e. The standard InChI is InChI=1S/C25H23N3O3S2/c1-16-8-5-6-12-20(16)27-24(29)22-19-11-3-2-4-13-21(19)33-23(22)26-25(27)32-15-17-9-7-10-18(14-17)28(30)31/h5-10,12,14H,2-4,11,13,15H2,1H3. The molecule has 0 saturated heterocycles. The minimum absolute atomic E-state index is 0.0183. The van der Waals surface area contributed by atoms with Gasteiger partial charge in [0.1, 0.15) is 4.83 Å². The number of aryl methyl sites for hydroxylation is 3. The van der Waals surface area contributed by atoms with Crippen LogP contribution in [0, 0.1) is 17.0 Å². The fraction of sp³-hybridized carbons (Fsp3) is 0.280. The van der Waals surface area contributed by atoms with E-state index in [1.165, 1.54) is 34.7 Å². The molecule has 0 bridgehead atoms. The van der Waals surface area contributed by atoms with Gasteiger partial charge in [-0.05, 0) is 55.4 Å². The van der Waals surface area contributed by atoms with Gasteiger partial charge in [-0.15, -0.1) is 11.3 Å². The Morgan fingerprint density at radius 1 is 1.12 bits per heavy atom. The molecule has 5 rings (SSSR count). The zero-order valence-corrected chi connectivity index (χ0v) is 19.9. The second-order valence-electron chi connectivity index (χ2n) is 8.28. The average Bonchev–Trinajstić information content (AvgIpc) is 3.00. The second kappa shape index (κ2) is 9.11. The number of nitro groups is 1. The van der Waals surface area contributed by atoms with Crippen molar-refractivity contribution >= 4 is 39.0 Å². The number of benzene rings is 2. The molecule has 8 heteroatoms. The lowest BCUT2D eigenvalue weighted by atomic mass is 10.1. The van der Waals surface area contributed by atoms with Crippen molar-refractivity contribution in [2.45, 2.75) is 49.9 Å². The van der Waals surface area contributed by atoms with Crippen molar-refractivity contribution in [3.05, 3.63) is 90.6 Å². The van der Waals surface area contributed by atoms with E-state index in [0.29, 0.717) is 10.9 Å². The van der Waals surface area contributed by atoms with Crippen molar-refractivity contribution < 1.29 is 4.92 Å². The zero-order chi connectivity index (χ0) is 22.9. The lowest BCUT2D eigenvalue weighted by Crippen LogP contribution is -2.22. The van der Waals surface area contributed by atoms with Crippen LogP contribution in [0.25, 0.3) is 15.9 Å². The summed E-state index contributed by atoms with van der Waals surface area (Å²) in [5.41, 5.74) is 3.88. The molecular formula is C25H23N3O3S2. The van der Waals surface area contributed by atoms with Crippen molar-refractivity contribution in [2.24, 2.45) is 0 Å². The first-order chi connectivity index (χ1) is 16.0. The highest BCUT2D eigenvalue weighted by Gasteiger charge is 2.23. The van der Waals surface area contributed by atoms with Crippen LogP contribution in [0.1, 0.15) is 40.8 Å². The van der Waals surface area contributed by atoms with Gasteiger partial charge in [-0.25, -0.2) is 4.98 Å². The van der Waals surface area contributed by atoms with E-state index in [-0.39, 0.29) is 16.2 Å². The van der Waals surface area contributed by atoms with E-state index in [1.807, 2.05) is 37.3 Å². The second-order valence-corrected chi connectivity index (χ2v) is 10.3. The predicted octanol–water partition coefficient (Wildman–Crippen LogP) is 6.23. The Balaban J connectivity index is 1.65. The molecule has 1 aliphatic rings. The van der Waals surface area contributed by atoms with Gasteiger partial charge in [0.05, 0.1) is 16.0 Å². The van der Waals surface area contributed by atoms with Gasteiger partial charge >= 0.3 is 0 Å². The van der Waals surface area contributed by atoms with E-state index in [4.69, 9.17) is 4.98 Å². The monoisotopic (exact) mass is 477 g/mol. The summed E-state index contributed by atoms with van der Waals surface area (Å²) in [6.07, 6.45) is 5.39. The lowest BCUT2D eigenvalue weighted by molar-refractivity contribution is -0.384. The normalized spacial score (nSPS) is 13.6. The van der Waals surface area contributed by atoms with Gasteiger partial charge in [-0.2, -0.15) is 0 Å². The van der Waals surface area contributed by atoms with Crippen molar-refractivity contribution in [3.8, 4) is 5.69 Å².